The molecule has 1 heterocycles. The first-order valence-electron chi connectivity index (χ1n) is 5.46. The molecule has 0 aliphatic rings. The summed E-state index contributed by atoms with van der Waals surface area (Å²) in [4.78, 5) is 13.8. The van der Waals surface area contributed by atoms with Crippen LogP contribution in [0.1, 0.15) is 18.2 Å². The Morgan fingerprint density at radius 1 is 1.28 bits per heavy atom. The second kappa shape index (κ2) is 5.22. The quantitative estimate of drug-likeness (QED) is 0.629. The van der Waals surface area contributed by atoms with Gasteiger partial charge in [-0.25, -0.2) is 5.43 Å². The zero-order valence-electron chi connectivity index (χ0n) is 10.1. The number of hydrazone groups is 1. The summed E-state index contributed by atoms with van der Waals surface area (Å²) in [5, 5.41) is 11.6. The van der Waals surface area contributed by atoms with E-state index in [1.165, 1.54) is 0 Å². The van der Waals surface area contributed by atoms with Gasteiger partial charge in [0.2, 0.25) is 5.95 Å². The average molecular weight is 243 g/mol. The number of nitrogens with one attached hydrogen (secondary N) is 2. The Morgan fingerprint density at radius 2 is 2.00 bits per heavy atom. The molecule has 0 radical (unpaired) electrons. The minimum absolute atomic E-state index is 0.223. The summed E-state index contributed by atoms with van der Waals surface area (Å²) in [6, 6.07) is 9.70. The zero-order chi connectivity index (χ0) is 13.0. The predicted octanol–water partition coefficient (Wildman–Crippen LogP) is 1.31. The average Bonchev–Trinajstić information content (AvgIpc) is 2.41. The summed E-state index contributed by atoms with van der Waals surface area (Å²) < 4.78 is 0. The number of aromatic amines is 1. The lowest BCUT2D eigenvalue weighted by atomic mass is 10.1. The molecule has 2 rings (SSSR count). The third-order valence-electron chi connectivity index (χ3n) is 2.38. The predicted molar refractivity (Wildman–Crippen MR) is 69.7 cm³/mol. The van der Waals surface area contributed by atoms with E-state index in [-0.39, 0.29) is 11.5 Å². The highest BCUT2D eigenvalue weighted by Gasteiger charge is 1.99. The van der Waals surface area contributed by atoms with Gasteiger partial charge < -0.3 is 0 Å². The minimum Gasteiger partial charge on any atom is -0.288 e. The zero-order valence-corrected chi connectivity index (χ0v) is 10.1. The second-order valence-corrected chi connectivity index (χ2v) is 3.76. The molecule has 0 spiro atoms. The van der Waals surface area contributed by atoms with E-state index in [1.807, 2.05) is 37.3 Å². The number of hydrogen-bond donors (Lipinski definition) is 2. The molecule has 2 N–H and O–H groups in total. The first-order valence-corrected chi connectivity index (χ1v) is 5.46. The van der Waals surface area contributed by atoms with E-state index in [4.69, 9.17) is 0 Å². The Bertz CT molecular complexity index is 618. The van der Waals surface area contributed by atoms with Crippen LogP contribution in [0.2, 0.25) is 0 Å². The van der Waals surface area contributed by atoms with Gasteiger partial charge in [0, 0.05) is 0 Å². The second-order valence-electron chi connectivity index (χ2n) is 3.76. The molecule has 2 aromatic rings. The van der Waals surface area contributed by atoms with Crippen LogP contribution in [0.3, 0.4) is 0 Å². The van der Waals surface area contributed by atoms with E-state index < -0.39 is 0 Å². The van der Waals surface area contributed by atoms with Gasteiger partial charge in [-0.2, -0.15) is 5.10 Å². The molecule has 0 amide bonds. The standard InChI is InChI=1S/C12H13N5O/c1-8(10-6-4-3-5-7-10)14-16-12-13-11(18)9(2)15-17-12/h3-7H,1-2H3,(H2,13,16,17,18)/b14-8-. The molecule has 0 bridgehead atoms. The van der Waals surface area contributed by atoms with Crippen molar-refractivity contribution in [1.82, 2.24) is 15.2 Å². The molecule has 1 aromatic carbocycles. The fourth-order valence-corrected chi connectivity index (χ4v) is 1.32. The first kappa shape index (κ1) is 12.0. The minimum atomic E-state index is -0.278. The first-order chi connectivity index (χ1) is 8.66. The lowest BCUT2D eigenvalue weighted by molar-refractivity contribution is 0.897. The van der Waals surface area contributed by atoms with E-state index in [1.54, 1.807) is 6.92 Å². The summed E-state index contributed by atoms with van der Waals surface area (Å²) in [5.41, 5.74) is 4.50. The molecule has 0 unspecified atom stereocenters. The highest BCUT2D eigenvalue weighted by molar-refractivity contribution is 5.98. The van der Waals surface area contributed by atoms with Gasteiger partial charge in [0.15, 0.2) is 0 Å². The summed E-state index contributed by atoms with van der Waals surface area (Å²) in [5.74, 6) is 0.223. The van der Waals surface area contributed by atoms with Crippen LogP contribution < -0.4 is 11.0 Å². The molecular formula is C12H13N5O. The van der Waals surface area contributed by atoms with Crippen molar-refractivity contribution in [3.8, 4) is 0 Å². The van der Waals surface area contributed by atoms with E-state index in [0.29, 0.717) is 5.69 Å². The molecule has 6 nitrogen and oxygen atoms in total. The molecule has 92 valence electrons. The lowest BCUT2D eigenvalue weighted by Gasteiger charge is -2.02. The smallest absolute Gasteiger partial charge is 0.274 e. The van der Waals surface area contributed by atoms with Gasteiger partial charge in [-0.15, -0.1) is 10.2 Å². The van der Waals surface area contributed by atoms with Gasteiger partial charge in [-0.1, -0.05) is 30.3 Å². The molecule has 0 saturated carbocycles. The van der Waals surface area contributed by atoms with Crippen LogP contribution in [-0.2, 0) is 0 Å². The monoisotopic (exact) mass is 243 g/mol. The molecule has 0 fully saturated rings. The molecule has 6 heteroatoms. The number of anilines is 1. The number of aryl methyl sites for hydroxylation is 1. The van der Waals surface area contributed by atoms with Gasteiger partial charge in [-0.3, -0.25) is 9.78 Å². The van der Waals surface area contributed by atoms with Crippen molar-refractivity contribution in [1.29, 1.82) is 0 Å². The van der Waals surface area contributed by atoms with Crippen LogP contribution >= 0.6 is 0 Å². The van der Waals surface area contributed by atoms with Crippen LogP contribution in [0.25, 0.3) is 0 Å². The molecule has 0 atom stereocenters. The molecule has 0 saturated heterocycles. The normalized spacial score (nSPS) is 11.3. The van der Waals surface area contributed by atoms with Crippen LogP contribution in [0.4, 0.5) is 5.95 Å². The fraction of sp³-hybridized carbons (Fsp3) is 0.167. The van der Waals surface area contributed by atoms with Crippen LogP contribution in [0.15, 0.2) is 40.2 Å². The van der Waals surface area contributed by atoms with Crippen molar-refractivity contribution in [2.24, 2.45) is 5.10 Å². The number of H-pyrrole nitrogens is 1. The highest BCUT2D eigenvalue weighted by atomic mass is 16.1. The summed E-state index contributed by atoms with van der Waals surface area (Å²) >= 11 is 0. The molecular weight excluding hydrogens is 230 g/mol. The maximum atomic E-state index is 11.3. The Labute approximate surface area is 104 Å². The van der Waals surface area contributed by atoms with Gasteiger partial charge >= 0.3 is 0 Å². The third-order valence-corrected chi connectivity index (χ3v) is 2.38. The fourth-order valence-electron chi connectivity index (χ4n) is 1.32. The van der Waals surface area contributed by atoms with Crippen molar-refractivity contribution in [2.45, 2.75) is 13.8 Å². The Balaban J connectivity index is 2.15. The molecule has 0 aliphatic carbocycles. The number of nitrogens with zero attached hydrogens (tertiary/aromatic N) is 3. The van der Waals surface area contributed by atoms with Gasteiger partial charge in [-0.05, 0) is 19.4 Å². The van der Waals surface area contributed by atoms with E-state index in [2.05, 4.69) is 25.7 Å². The lowest BCUT2D eigenvalue weighted by Crippen LogP contribution is -2.16. The van der Waals surface area contributed by atoms with E-state index >= 15 is 0 Å². The van der Waals surface area contributed by atoms with Gasteiger partial charge in [0.1, 0.15) is 5.69 Å². The maximum Gasteiger partial charge on any atom is 0.274 e. The summed E-state index contributed by atoms with van der Waals surface area (Å²) in [6.45, 7) is 3.45. The molecule has 1 aromatic heterocycles. The highest BCUT2D eigenvalue weighted by Crippen LogP contribution is 2.01. The third kappa shape index (κ3) is 2.79. The number of hydrogen-bond acceptors (Lipinski definition) is 5. The summed E-state index contributed by atoms with van der Waals surface area (Å²) in [6.07, 6.45) is 0. The van der Waals surface area contributed by atoms with Gasteiger partial charge in [0.25, 0.3) is 5.56 Å². The van der Waals surface area contributed by atoms with E-state index in [9.17, 15) is 4.79 Å². The van der Waals surface area contributed by atoms with Crippen molar-refractivity contribution in [3.05, 3.63) is 51.9 Å². The topological polar surface area (TPSA) is 83.0 Å². The van der Waals surface area contributed by atoms with Crippen molar-refractivity contribution in [2.75, 3.05) is 5.43 Å². The van der Waals surface area contributed by atoms with Crippen LogP contribution in [0.5, 0.6) is 0 Å². The Morgan fingerprint density at radius 3 is 2.67 bits per heavy atom. The maximum absolute atomic E-state index is 11.3. The summed E-state index contributed by atoms with van der Waals surface area (Å²) in [7, 11) is 0. The largest absolute Gasteiger partial charge is 0.288 e. The number of aromatic nitrogens is 3. The number of rotatable bonds is 3. The van der Waals surface area contributed by atoms with Crippen molar-refractivity contribution >= 4 is 11.7 Å². The Hall–Kier alpha value is -2.50. The SMILES string of the molecule is C/C(=N/Nc1nnc(C)c(=O)[nH]1)c1ccccc1. The molecule has 0 aliphatic heterocycles. The molecule has 18 heavy (non-hydrogen) atoms. The van der Waals surface area contributed by atoms with Gasteiger partial charge in [0.05, 0.1) is 5.71 Å². The Kier molecular flexibility index (Phi) is 3.47. The number of benzene rings is 1. The van der Waals surface area contributed by atoms with Crippen LogP contribution in [0, 0.1) is 6.92 Å². The van der Waals surface area contributed by atoms with E-state index in [0.717, 1.165) is 11.3 Å². The van der Waals surface area contributed by atoms with Crippen molar-refractivity contribution < 1.29 is 0 Å². The van der Waals surface area contributed by atoms with Crippen molar-refractivity contribution in [3.63, 3.8) is 0 Å². The van der Waals surface area contributed by atoms with Crippen LogP contribution in [-0.4, -0.2) is 20.9 Å².